The van der Waals surface area contributed by atoms with Crippen LogP contribution in [0.15, 0.2) is 48.7 Å². The van der Waals surface area contributed by atoms with Gasteiger partial charge in [0.2, 0.25) is 5.82 Å². The van der Waals surface area contributed by atoms with E-state index in [-0.39, 0.29) is 24.2 Å². The zero-order valence-corrected chi connectivity index (χ0v) is 18.8. The molecule has 0 saturated carbocycles. The fourth-order valence-electron chi connectivity index (χ4n) is 3.54. The lowest BCUT2D eigenvalue weighted by molar-refractivity contribution is -0.120. The molecule has 0 radical (unpaired) electrons. The van der Waals surface area contributed by atoms with Crippen molar-refractivity contribution in [3.8, 4) is 17.0 Å². The minimum absolute atomic E-state index is 0.0143. The average Bonchev–Trinajstić information content (AvgIpc) is 2.91. The highest BCUT2D eigenvalue weighted by molar-refractivity contribution is 7.28. The summed E-state index contributed by atoms with van der Waals surface area (Å²) in [5.41, 5.74) is 2.68. The molecule has 2 amide bonds. The van der Waals surface area contributed by atoms with Crippen LogP contribution in [-0.2, 0) is 11.2 Å². The fraction of sp³-hybridized carbons (Fsp3) is 0.217. The molecule has 1 aromatic heterocycles. The largest absolute Gasteiger partial charge is 0.489 e. The highest BCUT2D eigenvalue weighted by atomic mass is 31.0. The Kier molecular flexibility index (Phi) is 6.15. The monoisotopic (exact) mass is 452 g/mol. The van der Waals surface area contributed by atoms with Crippen LogP contribution >= 0.6 is 9.24 Å². The molecule has 2 aromatic carbocycles. The number of nitrogens with one attached hydrogen (secondary N) is 1. The van der Waals surface area contributed by atoms with E-state index in [0.717, 1.165) is 5.56 Å². The molecule has 0 spiro atoms. The Balaban J connectivity index is 1.61. The molecule has 4 rings (SSSR count). The van der Waals surface area contributed by atoms with Gasteiger partial charge in [-0.1, -0.05) is 19.1 Å². The number of anilines is 1. The number of benzene rings is 2. The highest BCUT2D eigenvalue weighted by Crippen LogP contribution is 2.30. The second-order valence-corrected chi connectivity index (χ2v) is 7.98. The molecule has 3 aromatic rings. The first-order valence-corrected chi connectivity index (χ1v) is 10.7. The topological polar surface area (TPSA) is 84.4 Å². The molecule has 1 aliphatic heterocycles. The van der Waals surface area contributed by atoms with Crippen LogP contribution in [0, 0.1) is 5.82 Å². The lowest BCUT2D eigenvalue weighted by Crippen LogP contribution is -2.49. The summed E-state index contributed by atoms with van der Waals surface area (Å²) in [6.07, 6.45) is 2.22. The molecule has 0 aliphatic carbocycles. The predicted octanol–water partition coefficient (Wildman–Crippen LogP) is 2.50. The quantitative estimate of drug-likeness (QED) is 0.615. The third-order valence-corrected chi connectivity index (χ3v) is 5.76. The number of carbonyl (C=O) groups excluding carboxylic acids is 2. The molecule has 164 valence electrons. The van der Waals surface area contributed by atoms with E-state index >= 15 is 0 Å². The molecule has 2 heterocycles. The number of aromatic nitrogens is 2. The predicted molar refractivity (Wildman–Crippen MR) is 123 cm³/mol. The molecule has 2 atom stereocenters. The molecule has 9 heteroatoms. The molecule has 0 fully saturated rings. The van der Waals surface area contributed by atoms with Gasteiger partial charge in [-0.25, -0.2) is 14.4 Å². The first-order valence-electron chi connectivity index (χ1n) is 10.1. The second kappa shape index (κ2) is 9.01. The van der Waals surface area contributed by atoms with Gasteiger partial charge in [0, 0.05) is 18.8 Å². The fourth-order valence-corrected chi connectivity index (χ4v) is 3.93. The molecular weight excluding hydrogens is 430 g/mol. The van der Waals surface area contributed by atoms with Crippen LogP contribution in [0.3, 0.4) is 0 Å². The van der Waals surface area contributed by atoms with Crippen LogP contribution in [-0.4, -0.2) is 41.5 Å². The summed E-state index contributed by atoms with van der Waals surface area (Å²) in [6, 6.07) is 10.6. The van der Waals surface area contributed by atoms with E-state index in [1.807, 2.05) is 19.1 Å². The highest BCUT2D eigenvalue weighted by Gasteiger charge is 2.31. The number of amides is 2. The Labute approximate surface area is 187 Å². The van der Waals surface area contributed by atoms with Crippen molar-refractivity contribution < 1.29 is 18.7 Å². The molecule has 1 aliphatic rings. The van der Waals surface area contributed by atoms with Crippen molar-refractivity contribution in [1.29, 1.82) is 0 Å². The first-order chi connectivity index (χ1) is 15.4. The van der Waals surface area contributed by atoms with Crippen molar-refractivity contribution in [3.63, 3.8) is 0 Å². The normalized spacial score (nSPS) is 15.6. The van der Waals surface area contributed by atoms with Gasteiger partial charge in [0.1, 0.15) is 24.2 Å². The minimum Gasteiger partial charge on any atom is -0.489 e. The number of para-hydroxylation sites is 2. The number of hydrogen-bond acceptors (Lipinski definition) is 5. The van der Waals surface area contributed by atoms with Crippen LogP contribution in [0.1, 0.15) is 23.1 Å². The van der Waals surface area contributed by atoms with E-state index in [9.17, 15) is 14.0 Å². The van der Waals surface area contributed by atoms with Crippen molar-refractivity contribution in [2.24, 2.45) is 0 Å². The van der Waals surface area contributed by atoms with Gasteiger partial charge >= 0.3 is 0 Å². The molecule has 0 saturated heterocycles. The third-order valence-electron chi connectivity index (χ3n) is 5.28. The van der Waals surface area contributed by atoms with Crippen molar-refractivity contribution >= 4 is 32.0 Å². The molecule has 1 N–H and O–H groups in total. The van der Waals surface area contributed by atoms with Gasteiger partial charge in [0.15, 0.2) is 0 Å². The van der Waals surface area contributed by atoms with Crippen LogP contribution in [0.25, 0.3) is 11.3 Å². The SMILES string of the molecule is CCc1cnc(C(=O)N[C@H]2COc3ccccc3N(C)C2=O)nc1-c1ccc(F)cc1P. The summed E-state index contributed by atoms with van der Waals surface area (Å²) in [4.78, 5) is 35.9. The summed E-state index contributed by atoms with van der Waals surface area (Å²) in [6.45, 7) is 1.93. The molecule has 32 heavy (non-hydrogen) atoms. The number of aryl methyl sites for hydroxylation is 1. The van der Waals surface area contributed by atoms with Crippen molar-refractivity contribution in [2.45, 2.75) is 19.4 Å². The Hall–Kier alpha value is -3.38. The van der Waals surface area contributed by atoms with E-state index in [1.54, 1.807) is 31.4 Å². The van der Waals surface area contributed by atoms with Crippen LogP contribution in [0.2, 0.25) is 0 Å². The lowest BCUT2D eigenvalue weighted by atomic mass is 10.1. The number of likely N-dealkylation sites (N-methyl/N-ethyl adjacent to an activating group) is 1. The van der Waals surface area contributed by atoms with Crippen molar-refractivity contribution in [2.75, 3.05) is 18.6 Å². The van der Waals surface area contributed by atoms with Crippen LogP contribution < -0.4 is 20.3 Å². The Bertz CT molecular complexity index is 1200. The van der Waals surface area contributed by atoms with Gasteiger partial charge in [0.05, 0.1) is 11.4 Å². The van der Waals surface area contributed by atoms with Gasteiger partial charge in [-0.2, -0.15) is 0 Å². The van der Waals surface area contributed by atoms with Crippen molar-refractivity contribution in [3.05, 3.63) is 65.9 Å². The summed E-state index contributed by atoms with van der Waals surface area (Å²) >= 11 is 0. The number of hydrogen-bond donors (Lipinski definition) is 1. The van der Waals surface area contributed by atoms with Gasteiger partial charge in [-0.15, -0.1) is 9.24 Å². The number of nitrogens with zero attached hydrogens (tertiary/aromatic N) is 3. The van der Waals surface area contributed by atoms with E-state index < -0.39 is 11.9 Å². The van der Waals surface area contributed by atoms with E-state index in [4.69, 9.17) is 4.74 Å². The number of carbonyl (C=O) groups is 2. The molecule has 1 unspecified atom stereocenters. The Morgan fingerprint density at radius 2 is 2.09 bits per heavy atom. The summed E-state index contributed by atoms with van der Waals surface area (Å²) in [5, 5.41) is 3.31. The smallest absolute Gasteiger partial charge is 0.289 e. The number of halogens is 1. The van der Waals surface area contributed by atoms with Crippen LogP contribution in [0.5, 0.6) is 5.75 Å². The van der Waals surface area contributed by atoms with Gasteiger partial charge < -0.3 is 15.0 Å². The van der Waals surface area contributed by atoms with Gasteiger partial charge in [0.25, 0.3) is 11.8 Å². The maximum absolute atomic E-state index is 13.6. The van der Waals surface area contributed by atoms with Crippen molar-refractivity contribution in [1.82, 2.24) is 15.3 Å². The van der Waals surface area contributed by atoms with Crippen LogP contribution in [0.4, 0.5) is 10.1 Å². The second-order valence-electron chi connectivity index (χ2n) is 7.35. The minimum atomic E-state index is -0.902. The average molecular weight is 452 g/mol. The zero-order chi connectivity index (χ0) is 22.8. The number of ether oxygens (including phenoxy) is 1. The lowest BCUT2D eigenvalue weighted by Gasteiger charge is -2.20. The maximum Gasteiger partial charge on any atom is 0.289 e. The van der Waals surface area contributed by atoms with Gasteiger partial charge in [-0.3, -0.25) is 9.59 Å². The Morgan fingerprint density at radius 3 is 2.84 bits per heavy atom. The summed E-state index contributed by atoms with van der Waals surface area (Å²) in [5.74, 6) is -0.777. The maximum atomic E-state index is 13.6. The third kappa shape index (κ3) is 4.18. The first kappa shape index (κ1) is 21.8. The standard InChI is InChI=1S/C23H22FN4O3P/c1-3-13-11-25-21(27-20(13)15-9-8-14(24)10-19(15)32)22(29)26-16-12-31-18-7-5-4-6-17(18)28(2)23(16)30/h4-11,16H,3,12,32H2,1-2H3,(H,26,29)/t16-/m0/s1. The van der Waals surface area contributed by atoms with E-state index in [0.29, 0.717) is 34.4 Å². The molecule has 7 nitrogen and oxygen atoms in total. The van der Waals surface area contributed by atoms with E-state index in [1.165, 1.54) is 17.0 Å². The van der Waals surface area contributed by atoms with Gasteiger partial charge in [-0.05, 0) is 47.6 Å². The molecule has 0 bridgehead atoms. The summed E-state index contributed by atoms with van der Waals surface area (Å²) < 4.78 is 19.3. The zero-order valence-electron chi connectivity index (χ0n) is 17.6. The number of fused-ring (bicyclic) bond motifs is 1. The van der Waals surface area contributed by atoms with E-state index in [2.05, 4.69) is 24.5 Å². The molecular formula is C23H22FN4O3P. The summed E-state index contributed by atoms with van der Waals surface area (Å²) in [7, 11) is 4.12. The Morgan fingerprint density at radius 1 is 1.31 bits per heavy atom. The number of rotatable bonds is 4.